The molecule has 0 fully saturated rings. The SMILES string of the molecule is C=C[Si](C)(OCC)O[Si](C)(C=C)OC(CCC)CCC. The lowest BCUT2D eigenvalue weighted by molar-refractivity contribution is 0.130. The van der Waals surface area contributed by atoms with Crippen molar-refractivity contribution in [3.63, 3.8) is 0 Å². The Balaban J connectivity index is 4.88. The summed E-state index contributed by atoms with van der Waals surface area (Å²) in [5.74, 6) is 0. The molecule has 0 bridgehead atoms. The molecule has 0 aliphatic carbocycles. The number of rotatable bonds is 12. The van der Waals surface area contributed by atoms with Gasteiger partial charge in [-0.05, 0) is 32.9 Å². The Labute approximate surface area is 127 Å². The minimum Gasteiger partial charge on any atom is -0.409 e. The molecule has 2 atom stereocenters. The lowest BCUT2D eigenvalue weighted by Crippen LogP contribution is -2.51. The average Bonchev–Trinajstić information content (AvgIpc) is 2.39. The lowest BCUT2D eigenvalue weighted by atomic mass is 10.1. The molecule has 118 valence electrons. The molecule has 3 nitrogen and oxygen atoms in total. The molecule has 0 N–H and O–H groups in total. The van der Waals surface area contributed by atoms with Crippen molar-refractivity contribution in [2.45, 2.75) is 65.7 Å². The summed E-state index contributed by atoms with van der Waals surface area (Å²) in [4.78, 5) is 0. The van der Waals surface area contributed by atoms with Crippen LogP contribution in [0.15, 0.2) is 24.6 Å². The average molecular weight is 317 g/mol. The molecule has 0 rings (SSSR count). The molecule has 0 saturated heterocycles. The highest BCUT2D eigenvalue weighted by atomic mass is 28.5. The molecule has 0 heterocycles. The Hall–Kier alpha value is -0.206. The summed E-state index contributed by atoms with van der Waals surface area (Å²) in [5, 5.41) is 0. The third-order valence-electron chi connectivity index (χ3n) is 3.20. The highest BCUT2D eigenvalue weighted by molar-refractivity contribution is 6.84. The van der Waals surface area contributed by atoms with Gasteiger partial charge in [-0.15, -0.1) is 13.2 Å². The molecule has 0 amide bonds. The van der Waals surface area contributed by atoms with Crippen molar-refractivity contribution in [3.05, 3.63) is 24.6 Å². The minimum atomic E-state index is -2.43. The monoisotopic (exact) mass is 316 g/mol. The van der Waals surface area contributed by atoms with Gasteiger partial charge in [0.15, 0.2) is 0 Å². The van der Waals surface area contributed by atoms with Crippen molar-refractivity contribution in [2.75, 3.05) is 6.61 Å². The van der Waals surface area contributed by atoms with E-state index in [4.69, 9.17) is 13.0 Å². The van der Waals surface area contributed by atoms with Crippen LogP contribution < -0.4 is 0 Å². The van der Waals surface area contributed by atoms with Crippen LogP contribution in [-0.2, 0) is 13.0 Å². The molecule has 5 heteroatoms. The van der Waals surface area contributed by atoms with E-state index in [-0.39, 0.29) is 6.10 Å². The first kappa shape index (κ1) is 19.8. The molecule has 0 aromatic rings. The van der Waals surface area contributed by atoms with Gasteiger partial charge in [0.05, 0.1) is 0 Å². The number of hydrogen-bond donors (Lipinski definition) is 0. The molecule has 0 radical (unpaired) electrons. The second-order valence-electron chi connectivity index (χ2n) is 5.29. The van der Waals surface area contributed by atoms with E-state index in [1.807, 2.05) is 31.4 Å². The summed E-state index contributed by atoms with van der Waals surface area (Å²) in [6.45, 7) is 18.8. The van der Waals surface area contributed by atoms with Gasteiger partial charge in [0.1, 0.15) is 0 Å². The first-order valence-corrected chi connectivity index (χ1v) is 12.5. The standard InChI is InChI=1S/C15H32O3Si2/c1-8-13-15(14-9-2)17-20(7,12-5)18-19(6,11-4)16-10-3/h11-12,15H,4-5,8-10,13-14H2,1-3,6-7H3. The van der Waals surface area contributed by atoms with E-state index in [9.17, 15) is 0 Å². The normalized spacial score (nSPS) is 17.5. The summed E-state index contributed by atoms with van der Waals surface area (Å²) in [6.07, 6.45) is 4.62. The Kier molecular flexibility index (Phi) is 9.58. The highest BCUT2D eigenvalue weighted by Gasteiger charge is 2.40. The van der Waals surface area contributed by atoms with Crippen molar-refractivity contribution >= 4 is 17.1 Å². The maximum Gasteiger partial charge on any atom is 0.352 e. The largest absolute Gasteiger partial charge is 0.409 e. The molecular weight excluding hydrogens is 284 g/mol. The smallest absolute Gasteiger partial charge is 0.352 e. The van der Waals surface area contributed by atoms with Gasteiger partial charge in [0.2, 0.25) is 0 Å². The van der Waals surface area contributed by atoms with E-state index in [0.29, 0.717) is 6.61 Å². The van der Waals surface area contributed by atoms with Crippen molar-refractivity contribution < 1.29 is 13.0 Å². The van der Waals surface area contributed by atoms with Gasteiger partial charge in [0.25, 0.3) is 0 Å². The van der Waals surface area contributed by atoms with Gasteiger partial charge >= 0.3 is 17.1 Å². The second kappa shape index (κ2) is 9.68. The quantitative estimate of drug-likeness (QED) is 0.492. The summed E-state index contributed by atoms with van der Waals surface area (Å²) in [6, 6.07) is 0. The van der Waals surface area contributed by atoms with Crippen LogP contribution in [0.25, 0.3) is 0 Å². The van der Waals surface area contributed by atoms with Crippen LogP contribution in [0.5, 0.6) is 0 Å². The van der Waals surface area contributed by atoms with Crippen LogP contribution in [0.4, 0.5) is 0 Å². The fraction of sp³-hybridized carbons (Fsp3) is 0.733. The summed E-state index contributed by atoms with van der Waals surface area (Å²) in [7, 11) is -4.79. The van der Waals surface area contributed by atoms with E-state index >= 15 is 0 Å². The molecule has 0 aromatic heterocycles. The van der Waals surface area contributed by atoms with Crippen molar-refractivity contribution in [1.82, 2.24) is 0 Å². The van der Waals surface area contributed by atoms with E-state index in [1.54, 1.807) is 0 Å². The van der Waals surface area contributed by atoms with Gasteiger partial charge in [-0.25, -0.2) is 0 Å². The zero-order valence-electron chi connectivity index (χ0n) is 13.9. The zero-order valence-corrected chi connectivity index (χ0v) is 15.9. The van der Waals surface area contributed by atoms with E-state index in [2.05, 4.69) is 27.0 Å². The number of hydrogen-bond acceptors (Lipinski definition) is 3. The van der Waals surface area contributed by atoms with Crippen LogP contribution in [-0.4, -0.2) is 29.8 Å². The molecule has 0 aliphatic heterocycles. The molecule has 0 spiro atoms. The van der Waals surface area contributed by atoms with Crippen molar-refractivity contribution in [2.24, 2.45) is 0 Å². The summed E-state index contributed by atoms with van der Waals surface area (Å²) >= 11 is 0. The van der Waals surface area contributed by atoms with Gasteiger partial charge in [-0.2, -0.15) is 0 Å². The Morgan fingerprint density at radius 3 is 1.80 bits per heavy atom. The first-order chi connectivity index (χ1) is 9.38. The molecule has 0 aromatic carbocycles. The van der Waals surface area contributed by atoms with E-state index < -0.39 is 17.1 Å². The van der Waals surface area contributed by atoms with Crippen molar-refractivity contribution in [1.29, 1.82) is 0 Å². The fourth-order valence-electron chi connectivity index (χ4n) is 2.17. The Bertz CT molecular complexity index is 293. The van der Waals surface area contributed by atoms with E-state index in [1.165, 1.54) is 0 Å². The first-order valence-electron chi connectivity index (χ1n) is 7.67. The van der Waals surface area contributed by atoms with Crippen molar-refractivity contribution in [3.8, 4) is 0 Å². The Morgan fingerprint density at radius 1 is 0.950 bits per heavy atom. The van der Waals surface area contributed by atoms with Gasteiger partial charge in [-0.1, -0.05) is 38.1 Å². The van der Waals surface area contributed by atoms with Crippen LogP contribution in [0.1, 0.15) is 46.5 Å². The third-order valence-corrected chi connectivity index (χ3v) is 9.59. The zero-order chi connectivity index (χ0) is 15.6. The molecule has 0 saturated carbocycles. The fourth-order valence-corrected chi connectivity index (χ4v) is 8.17. The molecule has 2 unspecified atom stereocenters. The van der Waals surface area contributed by atoms with Crippen LogP contribution in [0.3, 0.4) is 0 Å². The Morgan fingerprint density at radius 2 is 1.45 bits per heavy atom. The lowest BCUT2D eigenvalue weighted by Gasteiger charge is -2.35. The van der Waals surface area contributed by atoms with E-state index in [0.717, 1.165) is 25.7 Å². The predicted molar refractivity (Wildman–Crippen MR) is 91.0 cm³/mol. The predicted octanol–water partition coefficient (Wildman–Crippen LogP) is 4.62. The maximum atomic E-state index is 6.32. The highest BCUT2D eigenvalue weighted by Crippen LogP contribution is 2.23. The topological polar surface area (TPSA) is 27.7 Å². The van der Waals surface area contributed by atoms with Gasteiger partial charge < -0.3 is 13.0 Å². The third kappa shape index (κ3) is 6.99. The second-order valence-corrected chi connectivity index (χ2v) is 11.5. The molecule has 0 aliphatic rings. The summed E-state index contributed by atoms with van der Waals surface area (Å²) in [5.41, 5.74) is 3.68. The van der Waals surface area contributed by atoms with Crippen LogP contribution >= 0.6 is 0 Å². The molecule has 20 heavy (non-hydrogen) atoms. The maximum absolute atomic E-state index is 6.32. The minimum absolute atomic E-state index is 0.254. The summed E-state index contributed by atoms with van der Waals surface area (Å²) < 4.78 is 18.4. The van der Waals surface area contributed by atoms with Crippen LogP contribution in [0, 0.1) is 0 Å². The van der Waals surface area contributed by atoms with Crippen LogP contribution in [0.2, 0.25) is 13.1 Å². The van der Waals surface area contributed by atoms with Gasteiger partial charge in [-0.3, -0.25) is 0 Å². The van der Waals surface area contributed by atoms with Gasteiger partial charge in [0, 0.05) is 12.7 Å². The molecular formula is C15H32O3Si2.